The van der Waals surface area contributed by atoms with Crippen molar-refractivity contribution < 1.29 is 9.53 Å². The first-order valence-electron chi connectivity index (χ1n) is 8.37. The SMILES string of the molecule is O=C(N[C@H]1CCCNC1[C@@H]1C=CC=CC1)OCc1ccccc1. The van der Waals surface area contributed by atoms with Gasteiger partial charge in [-0.1, -0.05) is 54.6 Å². The van der Waals surface area contributed by atoms with Crippen LogP contribution in [-0.4, -0.2) is 24.7 Å². The summed E-state index contributed by atoms with van der Waals surface area (Å²) in [5, 5.41) is 6.62. The van der Waals surface area contributed by atoms with E-state index in [9.17, 15) is 4.79 Å². The number of hydrogen-bond donors (Lipinski definition) is 2. The van der Waals surface area contributed by atoms with Crippen molar-refractivity contribution in [3.63, 3.8) is 0 Å². The van der Waals surface area contributed by atoms with Gasteiger partial charge >= 0.3 is 6.09 Å². The molecule has 1 fully saturated rings. The van der Waals surface area contributed by atoms with Crippen LogP contribution in [0.4, 0.5) is 4.79 Å². The summed E-state index contributed by atoms with van der Waals surface area (Å²) in [5.74, 6) is 0.430. The van der Waals surface area contributed by atoms with Crippen molar-refractivity contribution >= 4 is 6.09 Å². The van der Waals surface area contributed by atoms with Crippen molar-refractivity contribution in [1.82, 2.24) is 10.6 Å². The minimum absolute atomic E-state index is 0.119. The van der Waals surface area contributed by atoms with Crippen molar-refractivity contribution in [2.75, 3.05) is 6.54 Å². The summed E-state index contributed by atoms with van der Waals surface area (Å²) >= 11 is 0. The topological polar surface area (TPSA) is 50.4 Å². The number of carbonyl (C=O) groups excluding carboxylic acids is 1. The van der Waals surface area contributed by atoms with E-state index in [4.69, 9.17) is 4.74 Å². The lowest BCUT2D eigenvalue weighted by Gasteiger charge is -2.37. The van der Waals surface area contributed by atoms with Crippen molar-refractivity contribution in [2.24, 2.45) is 5.92 Å². The zero-order valence-electron chi connectivity index (χ0n) is 13.3. The second-order valence-corrected chi connectivity index (χ2v) is 6.15. The quantitative estimate of drug-likeness (QED) is 0.898. The number of ether oxygens (including phenoxy) is 1. The maximum Gasteiger partial charge on any atom is 0.407 e. The fraction of sp³-hybridized carbons (Fsp3) is 0.421. The van der Waals surface area contributed by atoms with Crippen LogP contribution in [0, 0.1) is 5.92 Å². The molecule has 1 aliphatic carbocycles. The zero-order valence-corrected chi connectivity index (χ0v) is 13.3. The molecule has 0 saturated carbocycles. The molecular formula is C19H24N2O2. The molecule has 0 radical (unpaired) electrons. The van der Waals surface area contributed by atoms with Crippen molar-refractivity contribution in [2.45, 2.75) is 38.0 Å². The van der Waals surface area contributed by atoms with Crippen LogP contribution in [0.1, 0.15) is 24.8 Å². The molecule has 4 heteroatoms. The van der Waals surface area contributed by atoms with Crippen LogP contribution in [0.25, 0.3) is 0 Å². The summed E-state index contributed by atoms with van der Waals surface area (Å²) in [6, 6.07) is 10.1. The molecule has 2 N–H and O–H groups in total. The minimum Gasteiger partial charge on any atom is -0.445 e. The Balaban J connectivity index is 1.53. The smallest absolute Gasteiger partial charge is 0.407 e. The summed E-state index contributed by atoms with van der Waals surface area (Å²) in [6.45, 7) is 1.32. The largest absolute Gasteiger partial charge is 0.445 e. The number of carbonyl (C=O) groups is 1. The summed E-state index contributed by atoms with van der Waals surface area (Å²) in [5.41, 5.74) is 1.00. The predicted octanol–water partition coefficient (Wildman–Crippen LogP) is 3.17. The van der Waals surface area contributed by atoms with E-state index >= 15 is 0 Å². The number of hydrogen-bond acceptors (Lipinski definition) is 3. The van der Waals surface area contributed by atoms with Gasteiger partial charge in [0.05, 0.1) is 0 Å². The fourth-order valence-electron chi connectivity index (χ4n) is 3.31. The van der Waals surface area contributed by atoms with Gasteiger partial charge in [-0.05, 0) is 37.3 Å². The maximum atomic E-state index is 12.1. The van der Waals surface area contributed by atoms with E-state index in [0.717, 1.165) is 31.4 Å². The third-order valence-electron chi connectivity index (χ3n) is 4.50. The highest BCUT2D eigenvalue weighted by molar-refractivity contribution is 5.67. The van der Waals surface area contributed by atoms with Crippen molar-refractivity contribution in [3.8, 4) is 0 Å². The molecule has 3 atom stereocenters. The molecule has 122 valence electrons. The predicted molar refractivity (Wildman–Crippen MR) is 91.0 cm³/mol. The highest BCUT2D eigenvalue weighted by atomic mass is 16.5. The summed E-state index contributed by atoms with van der Waals surface area (Å²) < 4.78 is 5.36. The van der Waals surface area contributed by atoms with Gasteiger partial charge in [0.2, 0.25) is 0 Å². The second-order valence-electron chi connectivity index (χ2n) is 6.15. The van der Waals surface area contributed by atoms with Crippen LogP contribution in [-0.2, 0) is 11.3 Å². The van der Waals surface area contributed by atoms with E-state index in [1.165, 1.54) is 0 Å². The summed E-state index contributed by atoms with van der Waals surface area (Å²) in [7, 11) is 0. The van der Waals surface area contributed by atoms with E-state index in [1.54, 1.807) is 0 Å². The lowest BCUT2D eigenvalue weighted by atomic mass is 9.84. The molecule has 23 heavy (non-hydrogen) atoms. The van der Waals surface area contributed by atoms with Gasteiger partial charge in [-0.25, -0.2) is 4.79 Å². The normalized spacial score (nSPS) is 26.7. The van der Waals surface area contributed by atoms with E-state index in [2.05, 4.69) is 34.9 Å². The van der Waals surface area contributed by atoms with E-state index in [-0.39, 0.29) is 18.2 Å². The number of alkyl carbamates (subject to hydrolysis) is 1. The van der Waals surface area contributed by atoms with Crippen LogP contribution >= 0.6 is 0 Å². The number of nitrogens with one attached hydrogen (secondary N) is 2. The Bertz CT molecular complexity index is 568. The molecule has 1 amide bonds. The molecule has 1 heterocycles. The lowest BCUT2D eigenvalue weighted by Crippen LogP contribution is -2.56. The first kappa shape index (κ1) is 15.8. The van der Waals surface area contributed by atoms with Crippen LogP contribution in [0.2, 0.25) is 0 Å². The molecule has 0 bridgehead atoms. The van der Waals surface area contributed by atoms with Crippen molar-refractivity contribution in [3.05, 3.63) is 60.2 Å². The molecule has 1 saturated heterocycles. The number of allylic oxidation sites excluding steroid dienone is 3. The second kappa shape index (κ2) is 7.97. The number of benzene rings is 1. The van der Waals surface area contributed by atoms with Gasteiger partial charge in [0, 0.05) is 12.1 Å². The van der Waals surface area contributed by atoms with Crippen LogP contribution < -0.4 is 10.6 Å². The van der Waals surface area contributed by atoms with Crippen LogP contribution in [0.15, 0.2) is 54.6 Å². The molecule has 1 aromatic rings. The average Bonchev–Trinajstić information content (AvgIpc) is 2.62. The van der Waals surface area contributed by atoms with Gasteiger partial charge in [-0.3, -0.25) is 0 Å². The molecule has 0 aromatic heterocycles. The van der Waals surface area contributed by atoms with Gasteiger partial charge < -0.3 is 15.4 Å². The Morgan fingerprint density at radius 1 is 1.26 bits per heavy atom. The van der Waals surface area contributed by atoms with Crippen LogP contribution in [0.3, 0.4) is 0 Å². The fourth-order valence-corrected chi connectivity index (χ4v) is 3.31. The van der Waals surface area contributed by atoms with Gasteiger partial charge in [0.25, 0.3) is 0 Å². The summed E-state index contributed by atoms with van der Waals surface area (Å²) in [4.78, 5) is 12.1. The number of piperidine rings is 1. The van der Waals surface area contributed by atoms with Crippen molar-refractivity contribution in [1.29, 1.82) is 0 Å². The van der Waals surface area contributed by atoms with Gasteiger partial charge in [0.15, 0.2) is 0 Å². The molecule has 0 spiro atoms. The Morgan fingerprint density at radius 2 is 2.13 bits per heavy atom. The average molecular weight is 312 g/mol. The molecular weight excluding hydrogens is 288 g/mol. The number of rotatable bonds is 4. The lowest BCUT2D eigenvalue weighted by molar-refractivity contribution is 0.127. The van der Waals surface area contributed by atoms with Gasteiger partial charge in [-0.2, -0.15) is 0 Å². The molecule has 3 rings (SSSR count). The Hall–Kier alpha value is -2.07. The molecule has 2 aliphatic rings. The molecule has 1 aliphatic heterocycles. The molecule has 1 unspecified atom stereocenters. The van der Waals surface area contributed by atoms with Gasteiger partial charge in [-0.15, -0.1) is 0 Å². The zero-order chi connectivity index (χ0) is 15.9. The highest BCUT2D eigenvalue weighted by Gasteiger charge is 2.31. The summed E-state index contributed by atoms with van der Waals surface area (Å²) in [6.07, 6.45) is 11.3. The van der Waals surface area contributed by atoms with E-state index < -0.39 is 0 Å². The third-order valence-corrected chi connectivity index (χ3v) is 4.50. The standard InChI is InChI=1S/C19H24N2O2/c22-19(23-14-15-8-3-1-4-9-15)21-17-12-7-13-20-18(17)16-10-5-2-6-11-16/h1-6,8-10,16-18,20H,7,11-14H2,(H,21,22)/t16-,17+,18?/m1/s1. The molecule has 1 aromatic carbocycles. The first-order chi connectivity index (χ1) is 11.3. The first-order valence-corrected chi connectivity index (χ1v) is 8.37. The number of amides is 1. The Kier molecular flexibility index (Phi) is 5.48. The Morgan fingerprint density at radius 3 is 2.91 bits per heavy atom. The Labute approximate surface area is 137 Å². The van der Waals surface area contributed by atoms with E-state index in [0.29, 0.717) is 12.5 Å². The maximum absolute atomic E-state index is 12.1. The monoisotopic (exact) mass is 312 g/mol. The molecule has 4 nitrogen and oxygen atoms in total. The third kappa shape index (κ3) is 4.45. The highest BCUT2D eigenvalue weighted by Crippen LogP contribution is 2.23. The van der Waals surface area contributed by atoms with Crippen LogP contribution in [0.5, 0.6) is 0 Å². The van der Waals surface area contributed by atoms with E-state index in [1.807, 2.05) is 30.3 Å². The van der Waals surface area contributed by atoms with Gasteiger partial charge in [0.1, 0.15) is 6.61 Å². The minimum atomic E-state index is -0.331.